The van der Waals surface area contributed by atoms with E-state index in [1.165, 1.54) is 11.1 Å². The van der Waals surface area contributed by atoms with E-state index in [1.54, 1.807) is 6.20 Å². The molecule has 1 heterocycles. The number of hydrogen-bond acceptors (Lipinski definition) is 4. The van der Waals surface area contributed by atoms with Crippen LogP contribution in [0.5, 0.6) is 0 Å². The first-order valence-corrected chi connectivity index (χ1v) is 8.22. The maximum atomic E-state index is 11.9. The van der Waals surface area contributed by atoms with Crippen LogP contribution in [0.3, 0.4) is 0 Å². The molecular formula is C13H20ClN3OS. The second-order valence-corrected chi connectivity index (χ2v) is 6.68. The van der Waals surface area contributed by atoms with E-state index in [2.05, 4.69) is 17.3 Å². The number of aryl methyl sites for hydroxylation is 1. The third-order valence-electron chi connectivity index (χ3n) is 3.43. The quantitative estimate of drug-likeness (QED) is 0.908. The van der Waals surface area contributed by atoms with Gasteiger partial charge in [0.05, 0.1) is 11.9 Å². The lowest BCUT2D eigenvalue weighted by Crippen LogP contribution is -2.25. The van der Waals surface area contributed by atoms with Crippen molar-refractivity contribution in [3.8, 4) is 0 Å². The topological polar surface area (TPSA) is 46.9 Å². The smallest absolute Gasteiger partial charge is 0.287 e. The van der Waals surface area contributed by atoms with Gasteiger partial charge in [-0.15, -0.1) is 0 Å². The van der Waals surface area contributed by atoms with E-state index in [-0.39, 0.29) is 10.6 Å². The van der Waals surface area contributed by atoms with Crippen molar-refractivity contribution < 1.29 is 0 Å². The van der Waals surface area contributed by atoms with Crippen molar-refractivity contribution in [3.63, 3.8) is 0 Å². The van der Waals surface area contributed by atoms with E-state index in [4.69, 9.17) is 11.6 Å². The Morgan fingerprint density at radius 2 is 2.32 bits per heavy atom. The summed E-state index contributed by atoms with van der Waals surface area (Å²) in [5.41, 5.74) is 0.454. The Bertz CT molecular complexity index is 491. The number of thioether (sulfide) groups is 1. The third kappa shape index (κ3) is 3.45. The summed E-state index contributed by atoms with van der Waals surface area (Å²) in [4.78, 5) is 11.9. The molecule has 1 aromatic heterocycles. The van der Waals surface area contributed by atoms with Crippen LogP contribution in [0.25, 0.3) is 0 Å². The first-order valence-electron chi connectivity index (χ1n) is 6.79. The molecule has 1 fully saturated rings. The zero-order valence-electron chi connectivity index (χ0n) is 11.4. The second-order valence-electron chi connectivity index (χ2n) is 4.72. The summed E-state index contributed by atoms with van der Waals surface area (Å²) in [5.74, 6) is 1.16. The highest BCUT2D eigenvalue weighted by Gasteiger charge is 2.25. The molecule has 0 radical (unpaired) electrons. The Morgan fingerprint density at radius 1 is 1.53 bits per heavy atom. The number of nitrogens with zero attached hydrogens (tertiary/aromatic N) is 2. The van der Waals surface area contributed by atoms with Gasteiger partial charge in [0.1, 0.15) is 5.02 Å². The minimum Gasteiger partial charge on any atom is -0.380 e. The molecule has 0 bridgehead atoms. The zero-order valence-corrected chi connectivity index (χ0v) is 12.9. The average molecular weight is 302 g/mol. The van der Waals surface area contributed by atoms with E-state index < -0.39 is 0 Å². The van der Waals surface area contributed by atoms with Gasteiger partial charge in [0.15, 0.2) is 0 Å². The number of rotatable bonds is 5. The van der Waals surface area contributed by atoms with Crippen molar-refractivity contribution in [3.05, 3.63) is 21.6 Å². The third-order valence-corrected chi connectivity index (χ3v) is 5.03. The summed E-state index contributed by atoms with van der Waals surface area (Å²) in [6, 6.07) is 0.403. The largest absolute Gasteiger partial charge is 0.380 e. The summed E-state index contributed by atoms with van der Waals surface area (Å²) < 4.78 is 1.37. The fourth-order valence-electron chi connectivity index (χ4n) is 2.47. The standard InChI is InChI=1S/C13H20ClN3OS/c1-3-17-13(18)12(14)11(8-15-17)16-9-5-6-10(7-9)19-4-2/h8-10,16H,3-7H2,1-2H3. The van der Waals surface area contributed by atoms with Crippen LogP contribution in [-0.4, -0.2) is 26.8 Å². The highest BCUT2D eigenvalue weighted by molar-refractivity contribution is 7.99. The lowest BCUT2D eigenvalue weighted by molar-refractivity contribution is 0.615. The van der Waals surface area contributed by atoms with Gasteiger partial charge in [-0.25, -0.2) is 4.68 Å². The highest BCUT2D eigenvalue weighted by atomic mass is 35.5. The first kappa shape index (κ1) is 14.7. The van der Waals surface area contributed by atoms with Crippen LogP contribution in [-0.2, 0) is 6.54 Å². The Labute approximate surface area is 122 Å². The zero-order chi connectivity index (χ0) is 13.8. The number of halogens is 1. The molecule has 6 heteroatoms. The van der Waals surface area contributed by atoms with Crippen molar-refractivity contribution in [1.82, 2.24) is 9.78 Å². The van der Waals surface area contributed by atoms with Gasteiger partial charge in [-0.3, -0.25) is 4.79 Å². The second kappa shape index (κ2) is 6.66. The van der Waals surface area contributed by atoms with Crippen LogP contribution >= 0.6 is 23.4 Å². The number of anilines is 1. The molecule has 0 spiro atoms. The van der Waals surface area contributed by atoms with Gasteiger partial charge in [-0.1, -0.05) is 18.5 Å². The molecule has 1 N–H and O–H groups in total. The fraction of sp³-hybridized carbons (Fsp3) is 0.692. The molecule has 0 aromatic carbocycles. The van der Waals surface area contributed by atoms with Crippen LogP contribution < -0.4 is 10.9 Å². The van der Waals surface area contributed by atoms with Gasteiger partial charge in [0.2, 0.25) is 0 Å². The summed E-state index contributed by atoms with van der Waals surface area (Å²) >= 11 is 8.12. The van der Waals surface area contributed by atoms with Gasteiger partial charge >= 0.3 is 0 Å². The van der Waals surface area contributed by atoms with E-state index in [0.29, 0.717) is 18.3 Å². The van der Waals surface area contributed by atoms with Crippen molar-refractivity contribution in [2.24, 2.45) is 0 Å². The molecule has 1 aliphatic rings. The average Bonchev–Trinajstić information content (AvgIpc) is 2.83. The summed E-state index contributed by atoms with van der Waals surface area (Å²) in [5, 5.41) is 8.46. The number of nitrogens with one attached hydrogen (secondary N) is 1. The van der Waals surface area contributed by atoms with Crippen LogP contribution in [0.4, 0.5) is 5.69 Å². The Kier molecular flexibility index (Phi) is 5.16. The predicted octanol–water partition coefficient (Wildman–Crippen LogP) is 3.00. The molecule has 0 amide bonds. The van der Waals surface area contributed by atoms with Crippen molar-refractivity contribution in [2.75, 3.05) is 11.1 Å². The van der Waals surface area contributed by atoms with E-state index in [9.17, 15) is 4.79 Å². The van der Waals surface area contributed by atoms with E-state index in [1.807, 2.05) is 18.7 Å². The normalized spacial score (nSPS) is 22.7. The molecule has 1 aliphatic carbocycles. The summed E-state index contributed by atoms with van der Waals surface area (Å²) in [6.07, 6.45) is 5.15. The van der Waals surface area contributed by atoms with Gasteiger partial charge < -0.3 is 5.32 Å². The molecule has 4 nitrogen and oxygen atoms in total. The molecule has 0 saturated heterocycles. The monoisotopic (exact) mass is 301 g/mol. The van der Waals surface area contributed by atoms with Crippen molar-refractivity contribution in [1.29, 1.82) is 0 Å². The van der Waals surface area contributed by atoms with Crippen LogP contribution in [0.1, 0.15) is 33.1 Å². The van der Waals surface area contributed by atoms with Crippen molar-refractivity contribution >= 4 is 29.1 Å². The first-order chi connectivity index (χ1) is 9.15. The number of aromatic nitrogens is 2. The van der Waals surface area contributed by atoms with Crippen LogP contribution in [0.15, 0.2) is 11.0 Å². The van der Waals surface area contributed by atoms with Crippen LogP contribution in [0.2, 0.25) is 5.02 Å². The van der Waals surface area contributed by atoms with Gasteiger partial charge in [-0.2, -0.15) is 16.9 Å². The SMILES string of the molecule is CCSC1CCC(Nc2cnn(CC)c(=O)c2Cl)C1. The lowest BCUT2D eigenvalue weighted by Gasteiger charge is -2.15. The highest BCUT2D eigenvalue weighted by Crippen LogP contribution is 2.32. The minimum atomic E-state index is -0.216. The minimum absolute atomic E-state index is 0.216. The molecule has 19 heavy (non-hydrogen) atoms. The lowest BCUT2D eigenvalue weighted by atomic mass is 10.2. The maximum Gasteiger partial charge on any atom is 0.287 e. The Hall–Kier alpha value is -0.680. The predicted molar refractivity (Wildman–Crippen MR) is 82.4 cm³/mol. The van der Waals surface area contributed by atoms with E-state index in [0.717, 1.165) is 23.8 Å². The fourth-order valence-corrected chi connectivity index (χ4v) is 3.81. The molecule has 2 atom stereocenters. The van der Waals surface area contributed by atoms with Crippen LogP contribution in [0, 0.1) is 0 Å². The Balaban J connectivity index is 2.04. The van der Waals surface area contributed by atoms with Gasteiger partial charge in [0.25, 0.3) is 5.56 Å². The number of hydrogen-bond donors (Lipinski definition) is 1. The summed E-state index contributed by atoms with van der Waals surface area (Å²) in [6.45, 7) is 4.61. The van der Waals surface area contributed by atoms with E-state index >= 15 is 0 Å². The molecule has 2 unspecified atom stereocenters. The van der Waals surface area contributed by atoms with Crippen molar-refractivity contribution in [2.45, 2.75) is 50.9 Å². The van der Waals surface area contributed by atoms with Gasteiger partial charge in [0, 0.05) is 17.8 Å². The molecule has 2 rings (SSSR count). The molecule has 0 aliphatic heterocycles. The van der Waals surface area contributed by atoms with Gasteiger partial charge in [-0.05, 0) is 31.9 Å². The molecule has 1 aromatic rings. The molecule has 1 saturated carbocycles. The summed E-state index contributed by atoms with van der Waals surface area (Å²) in [7, 11) is 0. The molecular weight excluding hydrogens is 282 g/mol. The maximum absolute atomic E-state index is 11.9. The Morgan fingerprint density at radius 3 is 3.00 bits per heavy atom. The molecule has 106 valence electrons.